The quantitative estimate of drug-likeness (QED) is 0.564. The van der Waals surface area contributed by atoms with Crippen LogP contribution in [0.5, 0.6) is 0 Å². The van der Waals surface area contributed by atoms with Crippen LogP contribution in [0, 0.1) is 5.41 Å². The van der Waals surface area contributed by atoms with E-state index in [9.17, 15) is 0 Å². The Labute approximate surface area is 82.0 Å². The first-order valence-corrected chi connectivity index (χ1v) is 5.28. The van der Waals surface area contributed by atoms with Crippen LogP contribution in [-0.2, 0) is 0 Å². The molecule has 0 spiro atoms. The molecule has 1 aliphatic carbocycles. The lowest BCUT2D eigenvalue weighted by Gasteiger charge is -2.27. The molecule has 0 fully saturated rings. The average molecular weight is 176 g/mol. The molecule has 0 aromatic heterocycles. The van der Waals surface area contributed by atoms with Gasteiger partial charge in [0.05, 0.1) is 0 Å². The molecule has 0 nitrogen and oxygen atoms in total. The van der Waals surface area contributed by atoms with Crippen LogP contribution in [0.15, 0.2) is 36.0 Å². The van der Waals surface area contributed by atoms with E-state index in [-0.39, 0.29) is 0 Å². The molecule has 0 amide bonds. The van der Waals surface area contributed by atoms with Crippen LogP contribution in [0.4, 0.5) is 0 Å². The molecule has 0 heterocycles. The van der Waals surface area contributed by atoms with Gasteiger partial charge in [-0.2, -0.15) is 0 Å². The van der Waals surface area contributed by atoms with Crippen LogP contribution < -0.4 is 0 Å². The van der Waals surface area contributed by atoms with Gasteiger partial charge in [0.25, 0.3) is 0 Å². The van der Waals surface area contributed by atoms with Crippen molar-refractivity contribution >= 4 is 0 Å². The van der Waals surface area contributed by atoms with Crippen molar-refractivity contribution in [3.8, 4) is 0 Å². The lowest BCUT2D eigenvalue weighted by Crippen LogP contribution is -2.15. The smallest absolute Gasteiger partial charge is 0.00960 e. The minimum atomic E-state index is 0.313. The van der Waals surface area contributed by atoms with Crippen molar-refractivity contribution in [3.63, 3.8) is 0 Å². The van der Waals surface area contributed by atoms with E-state index in [1.54, 1.807) is 0 Å². The highest BCUT2D eigenvalue weighted by Crippen LogP contribution is 2.35. The first-order chi connectivity index (χ1) is 6.26. The fourth-order valence-electron chi connectivity index (χ4n) is 1.83. The second-order valence-electron chi connectivity index (χ2n) is 3.76. The maximum absolute atomic E-state index is 2.38. The van der Waals surface area contributed by atoms with Gasteiger partial charge < -0.3 is 0 Å². The van der Waals surface area contributed by atoms with Gasteiger partial charge in [-0.1, -0.05) is 49.8 Å². The molecule has 0 saturated carbocycles. The van der Waals surface area contributed by atoms with Crippen molar-refractivity contribution < 1.29 is 0 Å². The topological polar surface area (TPSA) is 0 Å². The lowest BCUT2D eigenvalue weighted by molar-refractivity contribution is 0.473. The molecule has 1 rings (SSSR count). The van der Waals surface area contributed by atoms with Gasteiger partial charge in [0.15, 0.2) is 0 Å². The van der Waals surface area contributed by atoms with E-state index in [2.05, 4.69) is 51.2 Å². The van der Waals surface area contributed by atoms with Crippen LogP contribution in [0.2, 0.25) is 0 Å². The van der Waals surface area contributed by atoms with Gasteiger partial charge in [0.1, 0.15) is 0 Å². The zero-order chi connectivity index (χ0) is 9.73. The van der Waals surface area contributed by atoms with Crippen molar-refractivity contribution in [2.45, 2.75) is 40.0 Å². The molecule has 0 aliphatic heterocycles. The molecule has 0 aromatic carbocycles. The highest BCUT2D eigenvalue weighted by Gasteiger charge is 2.22. The summed E-state index contributed by atoms with van der Waals surface area (Å²) < 4.78 is 0. The molecule has 0 heteroatoms. The van der Waals surface area contributed by atoms with Gasteiger partial charge >= 0.3 is 0 Å². The standard InChI is InChI=1S/C13H20/c1-4-9-13(6-3)10-7-12(5-2)8-11-13/h4,7-10H,5-6,11H2,1-3H3. The van der Waals surface area contributed by atoms with E-state index >= 15 is 0 Å². The normalized spacial score (nSPS) is 28.1. The molecule has 0 radical (unpaired) electrons. The van der Waals surface area contributed by atoms with Crippen LogP contribution >= 0.6 is 0 Å². The summed E-state index contributed by atoms with van der Waals surface area (Å²) in [5, 5.41) is 0. The fraction of sp³-hybridized carbons (Fsp3) is 0.538. The first-order valence-electron chi connectivity index (χ1n) is 5.28. The monoisotopic (exact) mass is 176 g/mol. The van der Waals surface area contributed by atoms with Gasteiger partial charge in [-0.3, -0.25) is 0 Å². The van der Waals surface area contributed by atoms with Crippen molar-refractivity contribution in [2.75, 3.05) is 0 Å². The lowest BCUT2D eigenvalue weighted by atomic mass is 9.77. The van der Waals surface area contributed by atoms with Crippen LogP contribution in [0.3, 0.4) is 0 Å². The third-order valence-electron chi connectivity index (χ3n) is 2.94. The molecule has 0 aromatic rings. The van der Waals surface area contributed by atoms with E-state index in [1.165, 1.54) is 18.4 Å². The summed E-state index contributed by atoms with van der Waals surface area (Å²) in [5.74, 6) is 0. The van der Waals surface area contributed by atoms with E-state index < -0.39 is 0 Å². The third kappa shape index (κ3) is 2.33. The Bertz CT molecular complexity index is 243. The molecular formula is C13H20. The molecular weight excluding hydrogens is 156 g/mol. The average Bonchev–Trinajstić information content (AvgIpc) is 2.19. The Morgan fingerprint density at radius 3 is 2.62 bits per heavy atom. The summed E-state index contributed by atoms with van der Waals surface area (Å²) in [7, 11) is 0. The predicted octanol–water partition coefficient (Wildman–Crippen LogP) is 4.26. The zero-order valence-corrected chi connectivity index (χ0v) is 9.01. The van der Waals surface area contributed by atoms with Crippen molar-refractivity contribution in [1.29, 1.82) is 0 Å². The van der Waals surface area contributed by atoms with Crippen LogP contribution in [-0.4, -0.2) is 0 Å². The molecule has 0 bridgehead atoms. The summed E-state index contributed by atoms with van der Waals surface area (Å²) >= 11 is 0. The summed E-state index contributed by atoms with van der Waals surface area (Å²) in [4.78, 5) is 0. The number of hydrogen-bond acceptors (Lipinski definition) is 0. The molecule has 0 saturated heterocycles. The van der Waals surface area contributed by atoms with E-state index in [0.29, 0.717) is 5.41 Å². The summed E-state index contributed by atoms with van der Waals surface area (Å²) in [5.41, 5.74) is 1.79. The van der Waals surface area contributed by atoms with E-state index in [4.69, 9.17) is 0 Å². The van der Waals surface area contributed by atoms with Gasteiger partial charge in [0, 0.05) is 5.41 Å². The highest BCUT2D eigenvalue weighted by atomic mass is 14.3. The Morgan fingerprint density at radius 2 is 2.23 bits per heavy atom. The molecule has 1 unspecified atom stereocenters. The Kier molecular flexibility index (Phi) is 3.53. The van der Waals surface area contributed by atoms with Crippen molar-refractivity contribution in [2.24, 2.45) is 5.41 Å². The van der Waals surface area contributed by atoms with Gasteiger partial charge in [-0.15, -0.1) is 0 Å². The number of hydrogen-bond donors (Lipinski definition) is 0. The Balaban J connectivity index is 2.76. The largest absolute Gasteiger partial charge is 0.0908 e. The second kappa shape index (κ2) is 4.45. The van der Waals surface area contributed by atoms with Gasteiger partial charge in [0.2, 0.25) is 0 Å². The summed E-state index contributed by atoms with van der Waals surface area (Å²) in [6, 6.07) is 0. The maximum atomic E-state index is 2.38. The molecule has 0 N–H and O–H groups in total. The van der Waals surface area contributed by atoms with Crippen LogP contribution in [0.1, 0.15) is 40.0 Å². The highest BCUT2D eigenvalue weighted by molar-refractivity contribution is 5.29. The van der Waals surface area contributed by atoms with E-state index in [1.807, 2.05) is 0 Å². The molecule has 1 atom stereocenters. The summed E-state index contributed by atoms with van der Waals surface area (Å²) in [6.07, 6.45) is 15.0. The first kappa shape index (κ1) is 10.3. The molecule has 1 aliphatic rings. The Hall–Kier alpha value is -0.780. The van der Waals surface area contributed by atoms with Crippen molar-refractivity contribution in [1.82, 2.24) is 0 Å². The van der Waals surface area contributed by atoms with Crippen molar-refractivity contribution in [3.05, 3.63) is 36.0 Å². The van der Waals surface area contributed by atoms with Crippen LogP contribution in [0.25, 0.3) is 0 Å². The number of rotatable bonds is 3. The third-order valence-corrected chi connectivity index (χ3v) is 2.94. The minimum absolute atomic E-state index is 0.313. The van der Waals surface area contributed by atoms with E-state index in [0.717, 1.165) is 6.42 Å². The zero-order valence-electron chi connectivity index (χ0n) is 9.01. The second-order valence-corrected chi connectivity index (χ2v) is 3.76. The van der Waals surface area contributed by atoms with Gasteiger partial charge in [-0.05, 0) is 26.2 Å². The fourth-order valence-corrected chi connectivity index (χ4v) is 1.83. The van der Waals surface area contributed by atoms with Gasteiger partial charge in [-0.25, -0.2) is 0 Å². The SMILES string of the molecule is CC=CC1(CC)C=CC(CC)=CC1. The molecule has 72 valence electrons. The molecule has 13 heavy (non-hydrogen) atoms. The minimum Gasteiger partial charge on any atom is -0.0908 e. The maximum Gasteiger partial charge on any atom is 0.00960 e. The number of allylic oxidation sites excluding steroid dienone is 6. The predicted molar refractivity (Wildman–Crippen MR) is 59.7 cm³/mol. The Morgan fingerprint density at radius 1 is 1.46 bits per heavy atom. The summed E-state index contributed by atoms with van der Waals surface area (Å²) in [6.45, 7) is 6.57.